The zero-order valence-corrected chi connectivity index (χ0v) is 12.6. The van der Waals surface area contributed by atoms with Crippen LogP contribution >= 0.6 is 0 Å². The number of hydrogen-bond donors (Lipinski definition) is 3. The van der Waals surface area contributed by atoms with Crippen LogP contribution in [0.5, 0.6) is 11.5 Å². The van der Waals surface area contributed by atoms with E-state index in [9.17, 15) is 10.2 Å². The van der Waals surface area contributed by atoms with Gasteiger partial charge in [-0.1, -0.05) is 26.2 Å². The Labute approximate surface area is 122 Å². The minimum atomic E-state index is 0.120. The first-order chi connectivity index (χ1) is 9.54. The molecule has 0 spiro atoms. The standard InChI is InChI=1S/C17H27NO2/c1-12-4-3-5-14(8-12)6-7-18-13(2)15-9-16(19)11-17(20)10-15/h9-14,18-20H,3-8H2,1-2H3. The molecule has 0 aliphatic heterocycles. The minimum Gasteiger partial charge on any atom is -0.508 e. The SMILES string of the molecule is CC1CCCC(CCNC(C)c2cc(O)cc(O)c2)C1. The van der Waals surface area contributed by atoms with E-state index >= 15 is 0 Å². The average Bonchev–Trinajstić information content (AvgIpc) is 2.37. The summed E-state index contributed by atoms with van der Waals surface area (Å²) in [5.41, 5.74) is 0.930. The molecule has 0 aromatic heterocycles. The first-order valence-corrected chi connectivity index (χ1v) is 7.81. The van der Waals surface area contributed by atoms with Crippen LogP contribution < -0.4 is 5.32 Å². The molecule has 0 saturated heterocycles. The van der Waals surface area contributed by atoms with Crippen molar-refractivity contribution in [2.45, 2.75) is 52.0 Å². The van der Waals surface area contributed by atoms with Crippen LogP contribution in [0, 0.1) is 11.8 Å². The third kappa shape index (κ3) is 4.41. The predicted molar refractivity (Wildman–Crippen MR) is 81.9 cm³/mol. The number of aromatic hydroxyl groups is 2. The molecule has 1 fully saturated rings. The Morgan fingerprint density at radius 1 is 1.20 bits per heavy atom. The van der Waals surface area contributed by atoms with Gasteiger partial charge in [-0.2, -0.15) is 0 Å². The van der Waals surface area contributed by atoms with Crippen LogP contribution in [0.15, 0.2) is 18.2 Å². The third-order valence-corrected chi connectivity index (χ3v) is 4.47. The molecule has 1 aliphatic rings. The van der Waals surface area contributed by atoms with E-state index in [2.05, 4.69) is 19.2 Å². The smallest absolute Gasteiger partial charge is 0.119 e. The van der Waals surface area contributed by atoms with Crippen LogP contribution in [-0.2, 0) is 0 Å². The van der Waals surface area contributed by atoms with Gasteiger partial charge >= 0.3 is 0 Å². The summed E-state index contributed by atoms with van der Waals surface area (Å²) in [4.78, 5) is 0. The molecular formula is C17H27NO2. The van der Waals surface area contributed by atoms with Crippen molar-refractivity contribution in [2.24, 2.45) is 11.8 Å². The lowest BCUT2D eigenvalue weighted by Gasteiger charge is -2.27. The molecular weight excluding hydrogens is 250 g/mol. The Balaban J connectivity index is 1.78. The van der Waals surface area contributed by atoms with E-state index in [4.69, 9.17) is 0 Å². The van der Waals surface area contributed by atoms with Gasteiger partial charge in [0, 0.05) is 12.1 Å². The van der Waals surface area contributed by atoms with Crippen LogP contribution in [0.25, 0.3) is 0 Å². The molecule has 2 rings (SSSR count). The highest BCUT2D eigenvalue weighted by molar-refractivity contribution is 5.37. The Bertz CT molecular complexity index is 413. The van der Waals surface area contributed by atoms with Crippen molar-refractivity contribution in [2.75, 3.05) is 6.54 Å². The number of hydrogen-bond acceptors (Lipinski definition) is 3. The minimum absolute atomic E-state index is 0.120. The highest BCUT2D eigenvalue weighted by Crippen LogP contribution is 2.30. The normalized spacial score (nSPS) is 24.5. The van der Waals surface area contributed by atoms with Crippen molar-refractivity contribution in [3.05, 3.63) is 23.8 Å². The van der Waals surface area contributed by atoms with Gasteiger partial charge in [0.25, 0.3) is 0 Å². The highest BCUT2D eigenvalue weighted by atomic mass is 16.3. The summed E-state index contributed by atoms with van der Waals surface area (Å²) in [7, 11) is 0. The predicted octanol–water partition coefficient (Wildman–Crippen LogP) is 3.96. The van der Waals surface area contributed by atoms with E-state index in [0.717, 1.165) is 23.9 Å². The lowest BCUT2D eigenvalue weighted by Crippen LogP contribution is -2.23. The monoisotopic (exact) mass is 277 g/mol. The molecule has 0 amide bonds. The van der Waals surface area contributed by atoms with Gasteiger partial charge in [-0.05, 0) is 55.8 Å². The highest BCUT2D eigenvalue weighted by Gasteiger charge is 2.18. The summed E-state index contributed by atoms with van der Waals surface area (Å²) in [6.07, 6.45) is 6.72. The fourth-order valence-corrected chi connectivity index (χ4v) is 3.31. The Morgan fingerprint density at radius 2 is 1.90 bits per heavy atom. The fraction of sp³-hybridized carbons (Fsp3) is 0.647. The third-order valence-electron chi connectivity index (χ3n) is 4.47. The maximum atomic E-state index is 9.51. The summed E-state index contributed by atoms with van der Waals surface area (Å²) in [6.45, 7) is 5.42. The van der Waals surface area contributed by atoms with Gasteiger partial charge in [-0.25, -0.2) is 0 Å². The Morgan fingerprint density at radius 3 is 2.55 bits per heavy atom. The maximum Gasteiger partial charge on any atom is 0.119 e. The van der Waals surface area contributed by atoms with Crippen LogP contribution in [0.1, 0.15) is 57.6 Å². The van der Waals surface area contributed by atoms with Crippen molar-refractivity contribution >= 4 is 0 Å². The topological polar surface area (TPSA) is 52.5 Å². The van der Waals surface area contributed by atoms with Gasteiger partial charge in [-0.15, -0.1) is 0 Å². The second-order valence-electron chi connectivity index (χ2n) is 6.39. The molecule has 3 unspecified atom stereocenters. The number of benzene rings is 1. The lowest BCUT2D eigenvalue weighted by atomic mass is 9.81. The molecule has 3 heteroatoms. The second-order valence-corrected chi connectivity index (χ2v) is 6.39. The fourth-order valence-electron chi connectivity index (χ4n) is 3.31. The van der Waals surface area contributed by atoms with Crippen LogP contribution in [-0.4, -0.2) is 16.8 Å². The molecule has 3 nitrogen and oxygen atoms in total. The molecule has 1 aliphatic carbocycles. The molecule has 1 aromatic rings. The van der Waals surface area contributed by atoms with Gasteiger partial charge in [0.15, 0.2) is 0 Å². The lowest BCUT2D eigenvalue weighted by molar-refractivity contribution is 0.265. The first-order valence-electron chi connectivity index (χ1n) is 7.81. The van der Waals surface area contributed by atoms with Crippen molar-refractivity contribution in [3.63, 3.8) is 0 Å². The Kier molecular flexibility index (Phi) is 5.30. The van der Waals surface area contributed by atoms with Gasteiger partial charge in [0.2, 0.25) is 0 Å². The first kappa shape index (κ1) is 15.2. The van der Waals surface area contributed by atoms with Gasteiger partial charge in [-0.3, -0.25) is 0 Å². The number of phenolic OH excluding ortho intramolecular Hbond substituents is 2. The summed E-state index contributed by atoms with van der Waals surface area (Å²) in [6, 6.07) is 4.92. The molecule has 0 heterocycles. The van der Waals surface area contributed by atoms with E-state index in [0.29, 0.717) is 0 Å². The average molecular weight is 277 g/mol. The van der Waals surface area contributed by atoms with Crippen molar-refractivity contribution in [1.82, 2.24) is 5.32 Å². The number of nitrogens with one attached hydrogen (secondary N) is 1. The molecule has 0 radical (unpaired) electrons. The molecule has 1 aromatic carbocycles. The summed E-state index contributed by atoms with van der Waals surface area (Å²) in [5.74, 6) is 1.98. The largest absolute Gasteiger partial charge is 0.508 e. The quantitative estimate of drug-likeness (QED) is 0.763. The number of rotatable bonds is 5. The molecule has 20 heavy (non-hydrogen) atoms. The molecule has 3 atom stereocenters. The zero-order valence-electron chi connectivity index (χ0n) is 12.6. The summed E-state index contributed by atoms with van der Waals surface area (Å²) < 4.78 is 0. The van der Waals surface area contributed by atoms with E-state index in [1.54, 1.807) is 12.1 Å². The van der Waals surface area contributed by atoms with E-state index in [1.807, 2.05) is 0 Å². The number of phenols is 2. The summed E-state index contributed by atoms with van der Waals surface area (Å²) >= 11 is 0. The van der Waals surface area contributed by atoms with Gasteiger partial charge in [0.1, 0.15) is 11.5 Å². The van der Waals surface area contributed by atoms with Crippen molar-refractivity contribution in [1.29, 1.82) is 0 Å². The van der Waals surface area contributed by atoms with Crippen LogP contribution in [0.2, 0.25) is 0 Å². The molecule has 112 valence electrons. The van der Waals surface area contributed by atoms with Crippen molar-refractivity contribution in [3.8, 4) is 11.5 Å². The Hall–Kier alpha value is -1.22. The molecule has 3 N–H and O–H groups in total. The van der Waals surface area contributed by atoms with E-state index < -0.39 is 0 Å². The van der Waals surface area contributed by atoms with E-state index in [-0.39, 0.29) is 17.5 Å². The molecule has 1 saturated carbocycles. The zero-order chi connectivity index (χ0) is 14.5. The second kappa shape index (κ2) is 6.98. The van der Waals surface area contributed by atoms with Crippen molar-refractivity contribution < 1.29 is 10.2 Å². The van der Waals surface area contributed by atoms with Gasteiger partial charge in [0.05, 0.1) is 0 Å². The van der Waals surface area contributed by atoms with Gasteiger partial charge < -0.3 is 15.5 Å². The van der Waals surface area contributed by atoms with Crippen LogP contribution in [0.4, 0.5) is 0 Å². The summed E-state index contributed by atoms with van der Waals surface area (Å²) in [5, 5.41) is 22.5. The van der Waals surface area contributed by atoms with Crippen LogP contribution in [0.3, 0.4) is 0 Å². The van der Waals surface area contributed by atoms with E-state index in [1.165, 1.54) is 38.2 Å². The maximum absolute atomic E-state index is 9.51. The molecule has 0 bridgehead atoms.